The van der Waals surface area contributed by atoms with E-state index in [0.717, 1.165) is 6.42 Å². The van der Waals surface area contributed by atoms with E-state index in [9.17, 15) is 8.42 Å². The van der Waals surface area contributed by atoms with Crippen LogP contribution in [-0.4, -0.2) is 24.7 Å². The lowest BCUT2D eigenvalue weighted by Crippen LogP contribution is -2.34. The Morgan fingerprint density at radius 1 is 1.39 bits per heavy atom. The summed E-state index contributed by atoms with van der Waals surface area (Å²) < 4.78 is 27.2. The molecule has 1 atom stereocenters. The highest BCUT2D eigenvalue weighted by Gasteiger charge is 2.25. The van der Waals surface area contributed by atoms with E-state index < -0.39 is 10.0 Å². The van der Waals surface area contributed by atoms with Crippen molar-refractivity contribution < 1.29 is 8.42 Å². The normalized spacial score (nSPS) is 14.1. The smallest absolute Gasteiger partial charge is 0.244 e. The Kier molecular flexibility index (Phi) is 4.89. The first-order valence-electron chi connectivity index (χ1n) is 6.04. The van der Waals surface area contributed by atoms with E-state index in [1.165, 1.54) is 0 Å². The molecule has 0 aliphatic rings. The molecule has 6 nitrogen and oxygen atoms in total. The molecule has 1 rings (SSSR count). The average molecular weight is 274 g/mol. The Labute approximate surface area is 108 Å². The van der Waals surface area contributed by atoms with Crippen LogP contribution in [0.1, 0.15) is 38.6 Å². The largest absolute Gasteiger partial charge is 0.325 e. The number of aromatic amines is 1. The zero-order valence-corrected chi connectivity index (χ0v) is 12.1. The first-order valence-corrected chi connectivity index (χ1v) is 7.52. The minimum Gasteiger partial charge on any atom is -0.325 e. The molecule has 0 aliphatic carbocycles. The monoisotopic (exact) mass is 274 g/mol. The standard InChI is InChI=1S/C11H22N4O2S/c1-7(2)5-8(3)15-18(16,17)11-9(4)13-14-10(11)6-12/h7-8,15H,5-6,12H2,1-4H3,(H,13,14). The van der Waals surface area contributed by atoms with Gasteiger partial charge in [0.05, 0.1) is 11.4 Å². The fourth-order valence-corrected chi connectivity index (χ4v) is 3.68. The van der Waals surface area contributed by atoms with Crippen LogP contribution in [0.25, 0.3) is 0 Å². The van der Waals surface area contributed by atoms with Crippen LogP contribution in [0.15, 0.2) is 4.90 Å². The zero-order chi connectivity index (χ0) is 13.9. The van der Waals surface area contributed by atoms with Crippen LogP contribution >= 0.6 is 0 Å². The SMILES string of the molecule is Cc1[nH]nc(CN)c1S(=O)(=O)NC(C)CC(C)C. The van der Waals surface area contributed by atoms with Crippen molar-refractivity contribution in [2.45, 2.75) is 51.6 Å². The molecule has 0 saturated heterocycles. The van der Waals surface area contributed by atoms with E-state index in [1.807, 2.05) is 6.92 Å². The minimum atomic E-state index is -3.56. The predicted molar refractivity (Wildman–Crippen MR) is 70.5 cm³/mol. The molecule has 0 bridgehead atoms. The second-order valence-electron chi connectivity index (χ2n) is 4.98. The summed E-state index contributed by atoms with van der Waals surface area (Å²) in [5.41, 5.74) is 6.38. The molecule has 0 fully saturated rings. The second kappa shape index (κ2) is 5.81. The Morgan fingerprint density at radius 3 is 2.50 bits per heavy atom. The summed E-state index contributed by atoms with van der Waals surface area (Å²) in [6.07, 6.45) is 0.786. The summed E-state index contributed by atoms with van der Waals surface area (Å²) >= 11 is 0. The van der Waals surface area contributed by atoms with Gasteiger partial charge in [0.1, 0.15) is 4.90 Å². The van der Waals surface area contributed by atoms with Gasteiger partial charge in [-0.3, -0.25) is 5.10 Å². The molecule has 0 saturated carbocycles. The summed E-state index contributed by atoms with van der Waals surface area (Å²) in [5.74, 6) is 0.433. The molecule has 1 unspecified atom stereocenters. The number of hydrogen-bond acceptors (Lipinski definition) is 4. The van der Waals surface area contributed by atoms with Crippen LogP contribution in [-0.2, 0) is 16.6 Å². The molecule has 18 heavy (non-hydrogen) atoms. The number of H-pyrrole nitrogens is 1. The summed E-state index contributed by atoms with van der Waals surface area (Å²) in [4.78, 5) is 0.181. The molecule has 7 heteroatoms. The van der Waals surface area contributed by atoms with Crippen molar-refractivity contribution in [2.75, 3.05) is 0 Å². The van der Waals surface area contributed by atoms with Gasteiger partial charge in [0.25, 0.3) is 0 Å². The maximum atomic E-state index is 12.3. The van der Waals surface area contributed by atoms with Crippen LogP contribution in [0.2, 0.25) is 0 Å². The van der Waals surface area contributed by atoms with Crippen molar-refractivity contribution in [3.63, 3.8) is 0 Å². The third-order valence-electron chi connectivity index (χ3n) is 2.60. The summed E-state index contributed by atoms with van der Waals surface area (Å²) in [6, 6.07) is -0.116. The number of nitrogens with two attached hydrogens (primary N) is 1. The van der Waals surface area contributed by atoms with Crippen LogP contribution in [0.3, 0.4) is 0 Å². The van der Waals surface area contributed by atoms with E-state index >= 15 is 0 Å². The summed E-state index contributed by atoms with van der Waals surface area (Å²) in [5, 5.41) is 6.56. The Hall–Kier alpha value is -0.920. The highest BCUT2D eigenvalue weighted by Crippen LogP contribution is 2.18. The number of nitrogens with zero attached hydrogens (tertiary/aromatic N) is 1. The van der Waals surface area contributed by atoms with Gasteiger partial charge < -0.3 is 5.73 Å². The Balaban J connectivity index is 2.96. The van der Waals surface area contributed by atoms with Crippen molar-refractivity contribution in [3.05, 3.63) is 11.4 Å². The average Bonchev–Trinajstić information content (AvgIpc) is 2.57. The molecular weight excluding hydrogens is 252 g/mol. The number of nitrogens with one attached hydrogen (secondary N) is 2. The zero-order valence-electron chi connectivity index (χ0n) is 11.3. The molecule has 0 radical (unpaired) electrons. The predicted octanol–water partition coefficient (Wildman–Crippen LogP) is 0.890. The third-order valence-corrected chi connectivity index (χ3v) is 4.40. The molecule has 0 aliphatic heterocycles. The van der Waals surface area contributed by atoms with Gasteiger partial charge in [0, 0.05) is 12.6 Å². The van der Waals surface area contributed by atoms with Gasteiger partial charge >= 0.3 is 0 Å². The van der Waals surface area contributed by atoms with E-state index in [1.54, 1.807) is 6.92 Å². The minimum absolute atomic E-state index is 0.0964. The molecule has 0 spiro atoms. The number of aryl methyl sites for hydroxylation is 1. The molecular formula is C11H22N4O2S. The van der Waals surface area contributed by atoms with Gasteiger partial charge in [-0.25, -0.2) is 13.1 Å². The molecule has 1 aromatic heterocycles. The molecule has 104 valence electrons. The lowest BCUT2D eigenvalue weighted by molar-refractivity contribution is 0.482. The van der Waals surface area contributed by atoms with E-state index in [2.05, 4.69) is 28.8 Å². The summed E-state index contributed by atoms with van der Waals surface area (Å²) in [6.45, 7) is 7.74. The summed E-state index contributed by atoms with van der Waals surface area (Å²) in [7, 11) is -3.56. The fraction of sp³-hybridized carbons (Fsp3) is 0.727. The highest BCUT2D eigenvalue weighted by atomic mass is 32.2. The molecule has 4 N–H and O–H groups in total. The van der Waals surface area contributed by atoms with E-state index in [0.29, 0.717) is 17.3 Å². The Morgan fingerprint density at radius 2 is 2.00 bits per heavy atom. The number of sulfonamides is 1. The third kappa shape index (κ3) is 3.54. The number of aromatic nitrogens is 2. The van der Waals surface area contributed by atoms with Crippen LogP contribution in [0.5, 0.6) is 0 Å². The second-order valence-corrected chi connectivity index (χ2v) is 6.63. The van der Waals surface area contributed by atoms with E-state index in [-0.39, 0.29) is 17.5 Å². The van der Waals surface area contributed by atoms with Gasteiger partial charge in [-0.1, -0.05) is 13.8 Å². The van der Waals surface area contributed by atoms with Gasteiger partial charge in [-0.15, -0.1) is 0 Å². The first-order chi connectivity index (χ1) is 8.27. The molecule has 1 aromatic rings. The van der Waals surface area contributed by atoms with Crippen molar-refractivity contribution in [1.29, 1.82) is 0 Å². The molecule has 1 heterocycles. The van der Waals surface area contributed by atoms with Crippen molar-refractivity contribution in [2.24, 2.45) is 11.7 Å². The van der Waals surface area contributed by atoms with Crippen LogP contribution < -0.4 is 10.5 Å². The molecule has 0 amide bonds. The maximum Gasteiger partial charge on any atom is 0.244 e. The van der Waals surface area contributed by atoms with E-state index in [4.69, 9.17) is 5.73 Å². The Bertz CT molecular complexity index is 493. The van der Waals surface area contributed by atoms with Gasteiger partial charge in [0.2, 0.25) is 10.0 Å². The number of hydrogen-bond donors (Lipinski definition) is 3. The highest BCUT2D eigenvalue weighted by molar-refractivity contribution is 7.89. The topological polar surface area (TPSA) is 101 Å². The maximum absolute atomic E-state index is 12.3. The lowest BCUT2D eigenvalue weighted by atomic mass is 10.1. The molecule has 0 aromatic carbocycles. The van der Waals surface area contributed by atoms with Crippen molar-refractivity contribution in [3.8, 4) is 0 Å². The quantitative estimate of drug-likeness (QED) is 0.717. The van der Waals surface area contributed by atoms with Crippen LogP contribution in [0.4, 0.5) is 0 Å². The first kappa shape index (κ1) is 15.1. The number of rotatable bonds is 6. The van der Waals surface area contributed by atoms with Crippen molar-refractivity contribution in [1.82, 2.24) is 14.9 Å². The van der Waals surface area contributed by atoms with Crippen molar-refractivity contribution >= 4 is 10.0 Å². The van der Waals surface area contributed by atoms with Gasteiger partial charge in [-0.05, 0) is 26.2 Å². The van der Waals surface area contributed by atoms with Crippen LogP contribution in [0, 0.1) is 12.8 Å². The lowest BCUT2D eigenvalue weighted by Gasteiger charge is -2.16. The fourth-order valence-electron chi connectivity index (χ4n) is 2.04. The van der Waals surface area contributed by atoms with Gasteiger partial charge in [-0.2, -0.15) is 5.10 Å². The van der Waals surface area contributed by atoms with Gasteiger partial charge in [0.15, 0.2) is 0 Å².